The van der Waals surface area contributed by atoms with Crippen LogP contribution in [-0.4, -0.2) is 13.0 Å². The third-order valence-corrected chi connectivity index (χ3v) is 1.70. The van der Waals surface area contributed by atoms with Crippen LogP contribution in [0, 0.1) is 0 Å². The summed E-state index contributed by atoms with van der Waals surface area (Å²) in [6.07, 6.45) is 2.98. The number of rotatable bonds is 3. The number of carbonyl (C=O) groups is 1. The standard InChI is InChI=1S/C10H12N2O2/c1-14-9-5-3-2-4-8(9)6-7-10(13)12-11/h2-7H,11H2,1H3,(H,12,13)/b7-6-. The fourth-order valence-electron chi connectivity index (χ4n) is 1.02. The molecule has 4 heteroatoms. The maximum Gasteiger partial charge on any atom is 0.257 e. The van der Waals surface area contributed by atoms with E-state index < -0.39 is 0 Å². The molecule has 0 fully saturated rings. The maximum absolute atomic E-state index is 10.8. The Kier molecular flexibility index (Phi) is 3.69. The number of nitrogens with two attached hydrogens (primary N) is 1. The molecule has 0 spiro atoms. The lowest BCUT2D eigenvalue weighted by atomic mass is 10.2. The third kappa shape index (κ3) is 2.60. The Bertz CT molecular complexity index is 348. The van der Waals surface area contributed by atoms with Gasteiger partial charge in [0.25, 0.3) is 5.91 Å². The maximum atomic E-state index is 10.8. The molecule has 1 amide bonds. The monoisotopic (exact) mass is 192 g/mol. The van der Waals surface area contributed by atoms with Crippen LogP contribution in [0.15, 0.2) is 30.3 Å². The largest absolute Gasteiger partial charge is 0.496 e. The summed E-state index contributed by atoms with van der Waals surface area (Å²) < 4.78 is 5.10. The number of benzene rings is 1. The van der Waals surface area contributed by atoms with Gasteiger partial charge in [-0.15, -0.1) is 0 Å². The number of ether oxygens (including phenoxy) is 1. The van der Waals surface area contributed by atoms with E-state index in [9.17, 15) is 4.79 Å². The topological polar surface area (TPSA) is 64.3 Å². The van der Waals surface area contributed by atoms with Gasteiger partial charge in [0.2, 0.25) is 0 Å². The fraction of sp³-hybridized carbons (Fsp3) is 0.100. The Hall–Kier alpha value is -1.81. The minimum absolute atomic E-state index is 0.351. The molecule has 0 unspecified atom stereocenters. The average Bonchev–Trinajstić information content (AvgIpc) is 2.26. The molecule has 0 aliphatic heterocycles. The van der Waals surface area contributed by atoms with E-state index in [1.165, 1.54) is 6.08 Å². The van der Waals surface area contributed by atoms with Gasteiger partial charge >= 0.3 is 0 Å². The summed E-state index contributed by atoms with van der Waals surface area (Å²) in [5, 5.41) is 0. The normalized spacial score (nSPS) is 10.1. The smallest absolute Gasteiger partial charge is 0.257 e. The average molecular weight is 192 g/mol. The first kappa shape index (κ1) is 10.3. The van der Waals surface area contributed by atoms with Crippen molar-refractivity contribution in [2.75, 3.05) is 7.11 Å². The molecule has 0 aliphatic carbocycles. The quantitative estimate of drug-likeness (QED) is 0.320. The van der Waals surface area contributed by atoms with Crippen LogP contribution in [0.5, 0.6) is 5.75 Å². The number of hydrogen-bond donors (Lipinski definition) is 2. The summed E-state index contributed by atoms with van der Waals surface area (Å²) in [7, 11) is 1.58. The van der Waals surface area contributed by atoms with Crippen LogP contribution in [0.1, 0.15) is 5.56 Å². The zero-order chi connectivity index (χ0) is 10.4. The molecule has 1 aromatic carbocycles. The van der Waals surface area contributed by atoms with Crippen molar-refractivity contribution in [2.24, 2.45) is 5.84 Å². The van der Waals surface area contributed by atoms with Crippen LogP contribution in [0.2, 0.25) is 0 Å². The molecule has 1 rings (SSSR count). The van der Waals surface area contributed by atoms with Crippen molar-refractivity contribution in [2.45, 2.75) is 0 Å². The van der Waals surface area contributed by atoms with Crippen molar-refractivity contribution in [1.82, 2.24) is 5.43 Å². The van der Waals surface area contributed by atoms with Crippen LogP contribution in [0.4, 0.5) is 0 Å². The van der Waals surface area contributed by atoms with E-state index in [1.54, 1.807) is 13.2 Å². The Labute approximate surface area is 82.3 Å². The highest BCUT2D eigenvalue weighted by Crippen LogP contribution is 2.18. The van der Waals surface area contributed by atoms with E-state index in [4.69, 9.17) is 10.6 Å². The number of para-hydroxylation sites is 1. The van der Waals surface area contributed by atoms with Crippen LogP contribution < -0.4 is 16.0 Å². The predicted octanol–water partition coefficient (Wildman–Crippen LogP) is 0.698. The summed E-state index contributed by atoms with van der Waals surface area (Å²) in [6, 6.07) is 7.39. The van der Waals surface area contributed by atoms with Gasteiger partial charge in [0.15, 0.2) is 0 Å². The van der Waals surface area contributed by atoms with Crippen molar-refractivity contribution < 1.29 is 9.53 Å². The van der Waals surface area contributed by atoms with Gasteiger partial charge in [0.1, 0.15) is 5.75 Å². The first-order valence-electron chi connectivity index (χ1n) is 4.09. The van der Waals surface area contributed by atoms with Crippen molar-refractivity contribution in [3.05, 3.63) is 35.9 Å². The molecule has 0 radical (unpaired) electrons. The van der Waals surface area contributed by atoms with Crippen LogP contribution in [0.25, 0.3) is 6.08 Å². The molecule has 1 aromatic rings. The fourth-order valence-corrected chi connectivity index (χ4v) is 1.02. The van der Waals surface area contributed by atoms with Gasteiger partial charge in [-0.1, -0.05) is 18.2 Å². The number of carbonyl (C=O) groups excluding carboxylic acids is 1. The molecular formula is C10H12N2O2. The van der Waals surface area contributed by atoms with Gasteiger partial charge in [-0.2, -0.15) is 0 Å². The lowest BCUT2D eigenvalue weighted by Crippen LogP contribution is -2.27. The molecule has 0 atom stereocenters. The predicted molar refractivity (Wildman–Crippen MR) is 54.4 cm³/mol. The zero-order valence-corrected chi connectivity index (χ0v) is 7.86. The Morgan fingerprint density at radius 3 is 2.86 bits per heavy atom. The molecule has 0 saturated carbocycles. The number of nitrogens with one attached hydrogen (secondary N) is 1. The Balaban J connectivity index is 2.85. The van der Waals surface area contributed by atoms with Gasteiger partial charge < -0.3 is 4.74 Å². The van der Waals surface area contributed by atoms with E-state index in [0.717, 1.165) is 5.56 Å². The molecule has 0 bridgehead atoms. The molecular weight excluding hydrogens is 180 g/mol. The molecule has 4 nitrogen and oxygen atoms in total. The molecule has 74 valence electrons. The van der Waals surface area contributed by atoms with Gasteiger partial charge in [-0.3, -0.25) is 10.2 Å². The van der Waals surface area contributed by atoms with E-state index in [0.29, 0.717) is 5.75 Å². The van der Waals surface area contributed by atoms with Gasteiger partial charge in [0.05, 0.1) is 7.11 Å². The van der Waals surface area contributed by atoms with Crippen LogP contribution in [0.3, 0.4) is 0 Å². The summed E-state index contributed by atoms with van der Waals surface area (Å²) in [6.45, 7) is 0. The van der Waals surface area contributed by atoms with Crippen molar-refractivity contribution >= 4 is 12.0 Å². The Morgan fingerprint density at radius 2 is 2.21 bits per heavy atom. The van der Waals surface area contributed by atoms with Gasteiger partial charge in [-0.05, 0) is 12.1 Å². The summed E-state index contributed by atoms with van der Waals surface area (Å²) >= 11 is 0. The number of amides is 1. The molecule has 0 saturated heterocycles. The second-order valence-corrected chi connectivity index (χ2v) is 2.58. The molecule has 0 heterocycles. The number of hydrazine groups is 1. The second-order valence-electron chi connectivity index (χ2n) is 2.58. The van der Waals surface area contributed by atoms with E-state index in [-0.39, 0.29) is 5.91 Å². The summed E-state index contributed by atoms with van der Waals surface area (Å²) in [5.41, 5.74) is 2.84. The SMILES string of the molecule is COc1ccccc1/C=C\C(=O)NN. The van der Waals surface area contributed by atoms with Crippen molar-refractivity contribution in [3.8, 4) is 5.75 Å². The molecule has 3 N–H and O–H groups in total. The minimum Gasteiger partial charge on any atom is -0.496 e. The second kappa shape index (κ2) is 5.04. The van der Waals surface area contributed by atoms with Crippen molar-refractivity contribution in [1.29, 1.82) is 0 Å². The molecule has 0 aliphatic rings. The minimum atomic E-state index is -0.351. The van der Waals surface area contributed by atoms with Crippen LogP contribution in [-0.2, 0) is 4.79 Å². The van der Waals surface area contributed by atoms with Gasteiger partial charge in [0, 0.05) is 11.6 Å². The highest BCUT2D eigenvalue weighted by atomic mass is 16.5. The van der Waals surface area contributed by atoms with Gasteiger partial charge in [-0.25, -0.2) is 5.84 Å². The summed E-state index contributed by atoms with van der Waals surface area (Å²) in [4.78, 5) is 10.8. The first-order valence-corrected chi connectivity index (χ1v) is 4.09. The van der Waals surface area contributed by atoms with Crippen molar-refractivity contribution in [3.63, 3.8) is 0 Å². The number of methoxy groups -OCH3 is 1. The highest BCUT2D eigenvalue weighted by Gasteiger charge is 1.97. The molecule has 14 heavy (non-hydrogen) atoms. The Morgan fingerprint density at radius 1 is 1.50 bits per heavy atom. The van der Waals surface area contributed by atoms with E-state index in [1.807, 2.05) is 29.7 Å². The molecule has 0 aromatic heterocycles. The summed E-state index contributed by atoms with van der Waals surface area (Å²) in [5.74, 6) is 5.29. The van der Waals surface area contributed by atoms with E-state index in [2.05, 4.69) is 0 Å². The lowest BCUT2D eigenvalue weighted by molar-refractivity contribution is -0.116. The van der Waals surface area contributed by atoms with Crippen LogP contribution >= 0.6 is 0 Å². The first-order chi connectivity index (χ1) is 6.77. The van der Waals surface area contributed by atoms with E-state index >= 15 is 0 Å². The highest BCUT2D eigenvalue weighted by molar-refractivity contribution is 5.91. The third-order valence-electron chi connectivity index (χ3n) is 1.70. The number of hydrogen-bond acceptors (Lipinski definition) is 3. The zero-order valence-electron chi connectivity index (χ0n) is 7.86. The lowest BCUT2D eigenvalue weighted by Gasteiger charge is -2.02.